The number of nitrogens with zero attached hydrogens (tertiary/aromatic N) is 2. The van der Waals surface area contributed by atoms with E-state index >= 15 is 0 Å². The average Bonchev–Trinajstić information content (AvgIpc) is 3.72. The molecule has 3 saturated carbocycles. The van der Waals surface area contributed by atoms with E-state index in [1.54, 1.807) is 19.1 Å². The van der Waals surface area contributed by atoms with Gasteiger partial charge in [0.25, 0.3) is 5.91 Å². The Hall–Kier alpha value is -2.98. The number of likely N-dealkylation sites (tertiary alicyclic amines) is 1. The summed E-state index contributed by atoms with van der Waals surface area (Å²) < 4.78 is 5.99. The zero-order valence-corrected chi connectivity index (χ0v) is 29.7. The smallest absolute Gasteiger partial charge is 0.251 e. The maximum Gasteiger partial charge on any atom is 0.251 e. The summed E-state index contributed by atoms with van der Waals surface area (Å²) in [6.07, 6.45) is 4.93. The number of benzene rings is 2. The van der Waals surface area contributed by atoms with Crippen LogP contribution in [0.15, 0.2) is 42.5 Å². The van der Waals surface area contributed by atoms with Gasteiger partial charge in [0.2, 0.25) is 5.91 Å². The van der Waals surface area contributed by atoms with E-state index in [0.29, 0.717) is 53.6 Å². The summed E-state index contributed by atoms with van der Waals surface area (Å²) in [5.41, 5.74) is 3.54. The van der Waals surface area contributed by atoms with Crippen molar-refractivity contribution in [3.05, 3.63) is 53.6 Å². The molecule has 48 heavy (non-hydrogen) atoms. The van der Waals surface area contributed by atoms with Gasteiger partial charge in [-0.25, -0.2) is 0 Å². The lowest BCUT2D eigenvalue weighted by Crippen LogP contribution is -2.62. The summed E-state index contributed by atoms with van der Waals surface area (Å²) >= 11 is 0. The number of hydrogen-bond acceptors (Lipinski definition) is 7. The number of amides is 2. The van der Waals surface area contributed by atoms with E-state index in [-0.39, 0.29) is 30.4 Å². The van der Waals surface area contributed by atoms with Crippen molar-refractivity contribution in [3.8, 4) is 16.9 Å². The molecular weight excluding hydrogens is 604 g/mol. The highest BCUT2D eigenvalue weighted by Crippen LogP contribution is 2.61. The summed E-state index contributed by atoms with van der Waals surface area (Å²) in [4.78, 5) is 35.8. The van der Waals surface area contributed by atoms with Gasteiger partial charge in [-0.3, -0.25) is 14.4 Å². The molecule has 3 aliphatic carbocycles. The average molecular weight is 661 g/mol. The number of carbonyl (C=O) groups is 2. The fourth-order valence-electron chi connectivity index (χ4n) is 9.31. The summed E-state index contributed by atoms with van der Waals surface area (Å²) in [7, 11) is 1.65. The molecule has 2 aromatic carbocycles. The van der Waals surface area contributed by atoms with Crippen molar-refractivity contribution in [1.82, 2.24) is 20.6 Å². The number of para-hydroxylation sites is 1. The highest BCUT2D eigenvalue weighted by atomic mass is 16.7. The van der Waals surface area contributed by atoms with Crippen LogP contribution in [-0.2, 0) is 16.2 Å². The largest absolute Gasteiger partial charge is 0.496 e. The van der Waals surface area contributed by atoms with Gasteiger partial charge in [-0.15, -0.1) is 0 Å². The van der Waals surface area contributed by atoms with Crippen LogP contribution >= 0.6 is 0 Å². The molecule has 0 aromatic heterocycles. The van der Waals surface area contributed by atoms with Gasteiger partial charge < -0.3 is 25.4 Å². The monoisotopic (exact) mass is 660 g/mol. The molecule has 8 atom stereocenters. The number of methoxy groups -OCH3 is 1. The van der Waals surface area contributed by atoms with E-state index in [1.807, 2.05) is 42.5 Å². The number of fused-ring (bicyclic) bond motifs is 2. The molecule has 3 N–H and O–H groups in total. The van der Waals surface area contributed by atoms with Crippen LogP contribution in [0.3, 0.4) is 0 Å². The third-order valence-corrected chi connectivity index (χ3v) is 12.4. The molecule has 9 nitrogen and oxygen atoms in total. The molecule has 7 rings (SSSR count). The van der Waals surface area contributed by atoms with E-state index < -0.39 is 12.1 Å². The van der Waals surface area contributed by atoms with Crippen molar-refractivity contribution >= 4 is 11.8 Å². The second kappa shape index (κ2) is 14.5. The molecule has 2 amide bonds. The molecule has 2 heterocycles. The zero-order valence-electron chi connectivity index (χ0n) is 29.7. The maximum atomic E-state index is 14.0. The second-order valence-corrected chi connectivity index (χ2v) is 15.3. The lowest BCUT2D eigenvalue weighted by atomic mass is 9.45. The van der Waals surface area contributed by atoms with E-state index in [2.05, 4.69) is 43.2 Å². The van der Waals surface area contributed by atoms with Gasteiger partial charge in [0.15, 0.2) is 0 Å². The number of aliphatic hydroxyl groups excluding tert-OH is 1. The SMILES string of the molecule is CCN1CCC[C@H]1CCNC(=O)c1cccc(-c2cccc(CN3OC[C@@H]([C@H](C)O)[C@H]3C(=O)N[C@H]3C[C@H]4C[C@@H]([C@@H]3C)C4(C)C)c2OC)c1. The zero-order chi connectivity index (χ0) is 34.2. The Morgan fingerprint density at radius 1 is 1.17 bits per heavy atom. The van der Waals surface area contributed by atoms with Gasteiger partial charge >= 0.3 is 0 Å². The maximum absolute atomic E-state index is 14.0. The van der Waals surface area contributed by atoms with Gasteiger partial charge in [-0.2, -0.15) is 5.06 Å². The van der Waals surface area contributed by atoms with Gasteiger partial charge in [-0.05, 0) is 93.0 Å². The van der Waals surface area contributed by atoms with Crippen molar-refractivity contribution in [2.24, 2.45) is 29.1 Å². The van der Waals surface area contributed by atoms with Crippen LogP contribution < -0.4 is 15.4 Å². The quantitative estimate of drug-likeness (QED) is 0.285. The molecular formula is C39H56N4O5. The fourth-order valence-corrected chi connectivity index (χ4v) is 9.31. The van der Waals surface area contributed by atoms with E-state index in [9.17, 15) is 14.7 Å². The first-order valence-electron chi connectivity index (χ1n) is 18.2. The molecule has 5 aliphatic rings. The minimum Gasteiger partial charge on any atom is -0.496 e. The topological polar surface area (TPSA) is 103 Å². The van der Waals surface area contributed by atoms with Crippen LogP contribution in [0.5, 0.6) is 5.75 Å². The molecule has 0 spiro atoms. The summed E-state index contributed by atoms with van der Waals surface area (Å²) in [6, 6.07) is 13.6. The number of rotatable bonds is 12. The summed E-state index contributed by atoms with van der Waals surface area (Å²) in [6.45, 7) is 14.4. The molecule has 9 heteroatoms. The van der Waals surface area contributed by atoms with Gasteiger partial charge in [0.05, 0.1) is 26.4 Å². The number of carbonyl (C=O) groups excluding carboxylic acids is 2. The van der Waals surface area contributed by atoms with Crippen LogP contribution in [0.2, 0.25) is 0 Å². The van der Waals surface area contributed by atoms with E-state index in [1.165, 1.54) is 19.3 Å². The number of hydroxylamine groups is 2. The van der Waals surface area contributed by atoms with Gasteiger partial charge in [0, 0.05) is 41.2 Å². The van der Waals surface area contributed by atoms with Crippen LogP contribution in [0.1, 0.15) is 82.6 Å². The van der Waals surface area contributed by atoms with Crippen molar-refractivity contribution in [1.29, 1.82) is 0 Å². The van der Waals surface area contributed by atoms with Gasteiger partial charge in [-0.1, -0.05) is 58.0 Å². The Balaban J connectivity index is 1.15. The van der Waals surface area contributed by atoms with Crippen molar-refractivity contribution in [2.75, 3.05) is 33.4 Å². The standard InChI is InChI=1S/C39H56N4O5/c1-7-42-18-10-14-30(42)16-17-40-37(45)27-12-8-11-26(19-27)31-15-9-13-28(36(31)47-6)22-43-35(32(23-48-43)25(3)44)38(46)41-34-21-29-20-33(24(34)2)39(29,4)5/h8-9,11-13,15,19,24-25,29-30,32-35,44H,7,10,14,16-18,20-23H2,1-6H3,(H,40,45)(H,41,46)/t24-,25-,29+,30-,32-,33-,34-,35-/m0/s1. The third-order valence-electron chi connectivity index (χ3n) is 12.4. The number of nitrogens with one attached hydrogen (secondary N) is 2. The Morgan fingerprint density at radius 2 is 1.96 bits per heavy atom. The molecule has 0 radical (unpaired) electrons. The molecule has 2 saturated heterocycles. The summed E-state index contributed by atoms with van der Waals surface area (Å²) in [5.74, 6) is 1.81. The highest BCUT2D eigenvalue weighted by Gasteiger charge is 2.57. The molecule has 2 aromatic rings. The molecule has 0 unspecified atom stereocenters. The Bertz CT molecular complexity index is 1460. The first-order valence-corrected chi connectivity index (χ1v) is 18.2. The van der Waals surface area contributed by atoms with Crippen LogP contribution in [0.4, 0.5) is 0 Å². The Kier molecular flexibility index (Phi) is 10.5. The minimum atomic E-state index is -0.701. The normalized spacial score (nSPS) is 30.4. The first kappa shape index (κ1) is 34.9. The predicted molar refractivity (Wildman–Crippen MR) is 187 cm³/mol. The van der Waals surface area contributed by atoms with Crippen molar-refractivity contribution < 1.29 is 24.3 Å². The van der Waals surface area contributed by atoms with E-state index in [4.69, 9.17) is 9.57 Å². The van der Waals surface area contributed by atoms with Crippen molar-refractivity contribution in [2.45, 2.75) is 97.5 Å². The first-order chi connectivity index (χ1) is 23.0. The van der Waals surface area contributed by atoms with Crippen LogP contribution in [0, 0.1) is 29.1 Å². The number of ether oxygens (including phenoxy) is 1. The second-order valence-electron chi connectivity index (χ2n) is 15.3. The third kappa shape index (κ3) is 6.76. The number of aliphatic hydroxyl groups is 1. The fraction of sp³-hybridized carbons (Fsp3) is 0.641. The van der Waals surface area contributed by atoms with Crippen LogP contribution in [0.25, 0.3) is 11.1 Å². The van der Waals surface area contributed by atoms with Crippen LogP contribution in [-0.4, -0.2) is 84.5 Å². The Labute approximate surface area is 286 Å². The minimum absolute atomic E-state index is 0.0790. The lowest BCUT2D eigenvalue weighted by Gasteiger charge is -2.62. The predicted octanol–water partition coefficient (Wildman–Crippen LogP) is 5.27. The highest BCUT2D eigenvalue weighted by molar-refractivity contribution is 5.95. The number of hydrogen-bond donors (Lipinski definition) is 3. The van der Waals surface area contributed by atoms with E-state index in [0.717, 1.165) is 42.6 Å². The van der Waals surface area contributed by atoms with Crippen molar-refractivity contribution in [3.63, 3.8) is 0 Å². The lowest BCUT2D eigenvalue weighted by molar-refractivity contribution is -0.161. The molecule has 2 bridgehead atoms. The van der Waals surface area contributed by atoms with Gasteiger partial charge in [0.1, 0.15) is 11.8 Å². The Morgan fingerprint density at radius 3 is 2.67 bits per heavy atom. The molecule has 262 valence electrons. The molecule has 2 aliphatic heterocycles. The molecule has 5 fully saturated rings. The summed E-state index contributed by atoms with van der Waals surface area (Å²) in [5, 5.41) is 18.9.